The molecule has 1 heterocycles. The van der Waals surface area contributed by atoms with Crippen LogP contribution in [0.25, 0.3) is 10.8 Å². The van der Waals surface area contributed by atoms with Crippen LogP contribution in [0, 0.1) is 0 Å². The Hall–Kier alpha value is -1.74. The van der Waals surface area contributed by atoms with E-state index in [0.717, 1.165) is 10.8 Å². The van der Waals surface area contributed by atoms with Gasteiger partial charge in [-0.25, -0.2) is 0 Å². The van der Waals surface area contributed by atoms with Gasteiger partial charge in [0.05, 0.1) is 6.10 Å². The molecule has 0 fully saturated rings. The van der Waals surface area contributed by atoms with Gasteiger partial charge in [0, 0.05) is 23.3 Å². The number of hydrogen-bond acceptors (Lipinski definition) is 3. The lowest BCUT2D eigenvalue weighted by Gasteiger charge is -2.08. The number of nitrogens with zero attached hydrogens (tertiary/aromatic N) is 1. The number of ether oxygens (including phenoxy) is 1. The fourth-order valence-corrected chi connectivity index (χ4v) is 1.69. The zero-order valence-corrected chi connectivity index (χ0v) is 10.0. The molecule has 2 rings (SSSR count). The molecule has 0 aliphatic carbocycles. The maximum absolute atomic E-state index is 12.0. The van der Waals surface area contributed by atoms with Gasteiger partial charge in [0.2, 0.25) is 0 Å². The third-order valence-corrected chi connectivity index (χ3v) is 2.53. The van der Waals surface area contributed by atoms with Gasteiger partial charge in [-0.2, -0.15) is 0 Å². The fourth-order valence-electron chi connectivity index (χ4n) is 1.69. The van der Waals surface area contributed by atoms with Crippen LogP contribution in [0.15, 0.2) is 36.7 Å². The Morgan fingerprint density at radius 3 is 2.94 bits per heavy atom. The van der Waals surface area contributed by atoms with Crippen molar-refractivity contribution in [3.63, 3.8) is 0 Å². The third kappa shape index (κ3) is 2.68. The van der Waals surface area contributed by atoms with Gasteiger partial charge >= 0.3 is 0 Å². The first kappa shape index (κ1) is 11.7. The van der Waals surface area contributed by atoms with Gasteiger partial charge in [-0.1, -0.05) is 18.2 Å². The van der Waals surface area contributed by atoms with Crippen molar-refractivity contribution in [3.8, 4) is 0 Å². The predicted octanol–water partition coefficient (Wildman–Crippen LogP) is 2.84. The lowest BCUT2D eigenvalue weighted by molar-refractivity contribution is 0.0586. The second-order valence-corrected chi connectivity index (χ2v) is 4.19. The van der Waals surface area contributed by atoms with Crippen LogP contribution in [-0.4, -0.2) is 23.5 Å². The predicted molar refractivity (Wildman–Crippen MR) is 67.2 cm³/mol. The summed E-state index contributed by atoms with van der Waals surface area (Å²) in [6.45, 7) is 3.96. The first-order valence-electron chi connectivity index (χ1n) is 5.66. The Balaban J connectivity index is 2.32. The monoisotopic (exact) mass is 229 g/mol. The fraction of sp³-hybridized carbons (Fsp3) is 0.286. The Morgan fingerprint density at radius 1 is 1.35 bits per heavy atom. The van der Waals surface area contributed by atoms with Crippen molar-refractivity contribution >= 4 is 16.6 Å². The van der Waals surface area contributed by atoms with E-state index in [9.17, 15) is 4.79 Å². The zero-order valence-electron chi connectivity index (χ0n) is 10.0. The van der Waals surface area contributed by atoms with Gasteiger partial charge in [-0.05, 0) is 25.3 Å². The van der Waals surface area contributed by atoms with Gasteiger partial charge in [0.1, 0.15) is 6.61 Å². The van der Waals surface area contributed by atoms with Crippen molar-refractivity contribution < 1.29 is 9.53 Å². The van der Waals surface area contributed by atoms with Gasteiger partial charge < -0.3 is 4.74 Å². The Morgan fingerprint density at radius 2 is 2.18 bits per heavy atom. The third-order valence-electron chi connectivity index (χ3n) is 2.53. The molecule has 3 heteroatoms. The summed E-state index contributed by atoms with van der Waals surface area (Å²) in [7, 11) is 0. The molecule has 0 unspecified atom stereocenters. The molecule has 0 saturated carbocycles. The molecule has 0 bridgehead atoms. The Kier molecular flexibility index (Phi) is 3.49. The second kappa shape index (κ2) is 5.06. The summed E-state index contributed by atoms with van der Waals surface area (Å²) in [6.07, 6.45) is 3.52. The molecule has 88 valence electrons. The van der Waals surface area contributed by atoms with E-state index >= 15 is 0 Å². The van der Waals surface area contributed by atoms with E-state index in [1.165, 1.54) is 0 Å². The summed E-state index contributed by atoms with van der Waals surface area (Å²) in [5.41, 5.74) is 0.700. The van der Waals surface area contributed by atoms with Gasteiger partial charge in [-0.3, -0.25) is 9.78 Å². The highest BCUT2D eigenvalue weighted by atomic mass is 16.5. The molecule has 0 N–H and O–H groups in total. The molecule has 0 spiro atoms. The summed E-state index contributed by atoms with van der Waals surface area (Å²) in [5.74, 6) is 0.00972. The highest BCUT2D eigenvalue weighted by Crippen LogP contribution is 2.18. The summed E-state index contributed by atoms with van der Waals surface area (Å²) in [5, 5.41) is 1.91. The molecule has 0 amide bonds. The molecule has 0 atom stereocenters. The molecular formula is C14H15NO2. The molecule has 0 aliphatic rings. The van der Waals surface area contributed by atoms with Crippen LogP contribution in [0.5, 0.6) is 0 Å². The van der Waals surface area contributed by atoms with E-state index in [1.54, 1.807) is 12.4 Å². The SMILES string of the molecule is CC(C)OCC(=O)c1cccc2cnccc12. The van der Waals surface area contributed by atoms with Crippen LogP contribution < -0.4 is 0 Å². The van der Waals surface area contributed by atoms with Crippen LogP contribution in [0.4, 0.5) is 0 Å². The van der Waals surface area contributed by atoms with Gasteiger partial charge in [0.15, 0.2) is 5.78 Å². The van der Waals surface area contributed by atoms with Crippen LogP contribution in [0.3, 0.4) is 0 Å². The minimum absolute atomic E-state index is 0.00972. The molecule has 0 aliphatic heterocycles. The summed E-state index contributed by atoms with van der Waals surface area (Å²) in [6, 6.07) is 7.50. The van der Waals surface area contributed by atoms with Gasteiger partial charge in [0.25, 0.3) is 0 Å². The van der Waals surface area contributed by atoms with Crippen LogP contribution in [0.1, 0.15) is 24.2 Å². The summed E-state index contributed by atoms with van der Waals surface area (Å²) in [4.78, 5) is 16.1. The Bertz CT molecular complexity index is 529. The number of aromatic nitrogens is 1. The quantitative estimate of drug-likeness (QED) is 0.757. The van der Waals surface area contributed by atoms with Crippen molar-refractivity contribution in [2.24, 2.45) is 0 Å². The maximum atomic E-state index is 12.0. The molecule has 17 heavy (non-hydrogen) atoms. The van der Waals surface area contributed by atoms with E-state index < -0.39 is 0 Å². The zero-order chi connectivity index (χ0) is 12.3. The summed E-state index contributed by atoms with van der Waals surface area (Å²) >= 11 is 0. The van der Waals surface area contributed by atoms with Crippen LogP contribution >= 0.6 is 0 Å². The number of fused-ring (bicyclic) bond motifs is 1. The molecule has 1 aromatic heterocycles. The van der Waals surface area contributed by atoms with Crippen molar-refractivity contribution in [1.29, 1.82) is 0 Å². The number of pyridine rings is 1. The highest BCUT2D eigenvalue weighted by Gasteiger charge is 2.10. The number of hydrogen-bond donors (Lipinski definition) is 0. The van der Waals surface area contributed by atoms with Crippen molar-refractivity contribution in [2.45, 2.75) is 20.0 Å². The average molecular weight is 229 g/mol. The number of carbonyl (C=O) groups excluding carboxylic acids is 1. The van der Waals surface area contributed by atoms with E-state index in [0.29, 0.717) is 5.56 Å². The number of ketones is 1. The molecular weight excluding hydrogens is 214 g/mol. The van der Waals surface area contributed by atoms with Crippen molar-refractivity contribution in [2.75, 3.05) is 6.61 Å². The van der Waals surface area contributed by atoms with Gasteiger partial charge in [-0.15, -0.1) is 0 Å². The molecule has 0 radical (unpaired) electrons. The molecule has 2 aromatic rings. The smallest absolute Gasteiger partial charge is 0.189 e. The van der Waals surface area contributed by atoms with E-state index in [-0.39, 0.29) is 18.5 Å². The first-order chi connectivity index (χ1) is 8.18. The van der Waals surface area contributed by atoms with E-state index in [4.69, 9.17) is 4.74 Å². The second-order valence-electron chi connectivity index (χ2n) is 4.19. The minimum atomic E-state index is 0.00972. The van der Waals surface area contributed by atoms with Crippen molar-refractivity contribution in [3.05, 3.63) is 42.2 Å². The van der Waals surface area contributed by atoms with Crippen molar-refractivity contribution in [1.82, 2.24) is 4.98 Å². The van der Waals surface area contributed by atoms with E-state index in [1.807, 2.05) is 38.1 Å². The first-order valence-corrected chi connectivity index (χ1v) is 5.66. The summed E-state index contributed by atoms with van der Waals surface area (Å²) < 4.78 is 5.34. The number of rotatable bonds is 4. The normalized spacial score (nSPS) is 11.0. The Labute approximate surface area is 100 Å². The minimum Gasteiger partial charge on any atom is -0.371 e. The topological polar surface area (TPSA) is 39.2 Å². The molecule has 1 aromatic carbocycles. The molecule has 3 nitrogen and oxygen atoms in total. The molecule has 0 saturated heterocycles. The average Bonchev–Trinajstić information content (AvgIpc) is 2.35. The number of benzene rings is 1. The van der Waals surface area contributed by atoms with E-state index in [2.05, 4.69) is 4.98 Å². The number of carbonyl (C=O) groups is 1. The maximum Gasteiger partial charge on any atom is 0.189 e. The largest absolute Gasteiger partial charge is 0.371 e. The highest BCUT2D eigenvalue weighted by molar-refractivity contribution is 6.08. The number of Topliss-reactive ketones (excluding diaryl/α,β-unsaturated/α-hetero) is 1. The lowest BCUT2D eigenvalue weighted by atomic mass is 10.0. The standard InChI is InChI=1S/C14H15NO2/c1-10(2)17-9-14(16)13-5-3-4-11-8-15-7-6-12(11)13/h3-8,10H,9H2,1-2H3. The van der Waals surface area contributed by atoms with Crippen LogP contribution in [0.2, 0.25) is 0 Å². The van der Waals surface area contributed by atoms with Crippen LogP contribution in [-0.2, 0) is 4.74 Å². The lowest BCUT2D eigenvalue weighted by Crippen LogP contribution is -2.13.